The first-order valence-corrected chi connectivity index (χ1v) is 9.71. The highest BCUT2D eigenvalue weighted by molar-refractivity contribution is 5.88. The quantitative estimate of drug-likeness (QED) is 0.610. The summed E-state index contributed by atoms with van der Waals surface area (Å²) in [5, 5.41) is 9.05. The lowest BCUT2D eigenvalue weighted by molar-refractivity contribution is 0.0697. The molecule has 0 fully saturated rings. The van der Waals surface area contributed by atoms with E-state index in [9.17, 15) is 4.79 Å². The van der Waals surface area contributed by atoms with Crippen LogP contribution < -0.4 is 0 Å². The van der Waals surface area contributed by atoms with E-state index in [0.29, 0.717) is 0 Å². The zero-order valence-corrected chi connectivity index (χ0v) is 16.8. The van der Waals surface area contributed by atoms with Gasteiger partial charge in [-0.05, 0) is 58.6 Å². The molecule has 1 aromatic heterocycles. The minimum atomic E-state index is -0.920. The molecule has 1 aliphatic carbocycles. The molecule has 144 valence electrons. The second-order valence-electron chi connectivity index (χ2n) is 9.06. The Morgan fingerprint density at radius 2 is 1.54 bits per heavy atom. The van der Waals surface area contributed by atoms with Gasteiger partial charge in [-0.2, -0.15) is 0 Å². The van der Waals surface area contributed by atoms with E-state index in [1.807, 2.05) is 0 Å². The van der Waals surface area contributed by atoms with Crippen LogP contribution in [0.5, 0.6) is 0 Å². The molecule has 3 aromatic rings. The molecule has 4 heteroatoms. The molecular weight excluding hydrogens is 348 g/mol. The van der Waals surface area contributed by atoms with Gasteiger partial charge in [-0.15, -0.1) is 0 Å². The Kier molecular flexibility index (Phi) is 4.18. The number of carboxylic acids is 1. The average molecular weight is 374 g/mol. The van der Waals surface area contributed by atoms with Crippen molar-refractivity contribution in [2.75, 3.05) is 0 Å². The number of aromatic amines is 1. The first kappa shape index (κ1) is 18.5. The number of carbonyl (C=O) groups is 1. The lowest BCUT2D eigenvalue weighted by atomic mass is 9.63. The minimum Gasteiger partial charge on any atom is -0.478 e. The van der Waals surface area contributed by atoms with Gasteiger partial charge >= 0.3 is 5.97 Å². The smallest absolute Gasteiger partial charge is 0.335 e. The molecule has 2 aromatic carbocycles. The first-order chi connectivity index (χ1) is 13.2. The molecule has 0 saturated carbocycles. The molecule has 0 unspecified atom stereocenters. The largest absolute Gasteiger partial charge is 0.478 e. The number of aromatic carboxylic acids is 1. The van der Waals surface area contributed by atoms with Gasteiger partial charge in [0.25, 0.3) is 0 Å². The minimum absolute atomic E-state index is 0.156. The van der Waals surface area contributed by atoms with E-state index in [2.05, 4.69) is 55.9 Å². The molecule has 1 aliphatic rings. The van der Waals surface area contributed by atoms with Gasteiger partial charge in [0.2, 0.25) is 0 Å². The number of benzene rings is 2. The number of aromatic nitrogens is 2. The summed E-state index contributed by atoms with van der Waals surface area (Å²) in [7, 11) is 0. The van der Waals surface area contributed by atoms with E-state index in [0.717, 1.165) is 22.6 Å². The van der Waals surface area contributed by atoms with Gasteiger partial charge in [0.15, 0.2) is 0 Å². The van der Waals surface area contributed by atoms with Gasteiger partial charge in [0, 0.05) is 5.56 Å². The Hall–Kier alpha value is -2.88. The van der Waals surface area contributed by atoms with Gasteiger partial charge in [-0.25, -0.2) is 9.78 Å². The molecule has 28 heavy (non-hydrogen) atoms. The van der Waals surface area contributed by atoms with Gasteiger partial charge in [-0.1, -0.05) is 52.0 Å². The molecule has 0 atom stereocenters. The number of carboxylic acid groups (broad SMARTS) is 1. The molecule has 0 amide bonds. The Morgan fingerprint density at radius 1 is 0.929 bits per heavy atom. The van der Waals surface area contributed by atoms with Crippen LogP contribution in [0.2, 0.25) is 0 Å². The van der Waals surface area contributed by atoms with Crippen molar-refractivity contribution in [3.63, 3.8) is 0 Å². The summed E-state index contributed by atoms with van der Waals surface area (Å²) in [4.78, 5) is 19.0. The van der Waals surface area contributed by atoms with Gasteiger partial charge in [-0.3, -0.25) is 0 Å². The molecule has 0 bridgehead atoms. The molecule has 4 nitrogen and oxygen atoms in total. The van der Waals surface area contributed by atoms with Crippen LogP contribution in [0, 0.1) is 0 Å². The third-order valence-electron chi connectivity index (χ3n) is 6.14. The fourth-order valence-electron chi connectivity index (χ4n) is 4.14. The summed E-state index contributed by atoms with van der Waals surface area (Å²) in [6.45, 7) is 9.30. The molecule has 0 saturated heterocycles. The van der Waals surface area contributed by atoms with Crippen molar-refractivity contribution in [3.05, 3.63) is 65.4 Å². The standard InChI is InChI=1S/C24H26N2O2/c1-23(2)11-12-24(3,4)19-13-17(9-10-18(19)23)21-25-14-20(26-21)15-5-7-16(8-6-15)22(27)28/h5-10,13-14H,11-12H2,1-4H3,(H,25,26)(H,27,28). The van der Waals surface area contributed by atoms with E-state index in [1.54, 1.807) is 30.5 Å². The summed E-state index contributed by atoms with van der Waals surface area (Å²) in [5.74, 6) is -0.0873. The molecule has 0 radical (unpaired) electrons. The normalized spacial score (nSPS) is 17.1. The first-order valence-electron chi connectivity index (χ1n) is 9.71. The van der Waals surface area contributed by atoms with Crippen molar-refractivity contribution in [2.24, 2.45) is 0 Å². The number of hydrogen-bond acceptors (Lipinski definition) is 2. The second kappa shape index (κ2) is 6.33. The van der Waals surface area contributed by atoms with E-state index in [1.165, 1.54) is 24.0 Å². The summed E-state index contributed by atoms with van der Waals surface area (Å²) < 4.78 is 0. The Labute approximate surface area is 165 Å². The van der Waals surface area contributed by atoms with Crippen LogP contribution in [-0.2, 0) is 10.8 Å². The number of H-pyrrole nitrogens is 1. The second-order valence-corrected chi connectivity index (χ2v) is 9.06. The fourth-order valence-corrected chi connectivity index (χ4v) is 4.14. The predicted molar refractivity (Wildman–Crippen MR) is 112 cm³/mol. The van der Waals surface area contributed by atoms with Crippen molar-refractivity contribution in [1.29, 1.82) is 0 Å². The fraction of sp³-hybridized carbons (Fsp3) is 0.333. The lowest BCUT2D eigenvalue weighted by Crippen LogP contribution is -2.33. The van der Waals surface area contributed by atoms with Crippen LogP contribution in [0.25, 0.3) is 22.6 Å². The van der Waals surface area contributed by atoms with E-state index < -0.39 is 5.97 Å². The van der Waals surface area contributed by atoms with Gasteiger partial charge < -0.3 is 10.1 Å². The maximum Gasteiger partial charge on any atom is 0.335 e. The highest BCUT2D eigenvalue weighted by Crippen LogP contribution is 2.46. The topological polar surface area (TPSA) is 66.0 Å². The average Bonchev–Trinajstić information content (AvgIpc) is 3.15. The van der Waals surface area contributed by atoms with E-state index >= 15 is 0 Å². The van der Waals surface area contributed by atoms with Crippen molar-refractivity contribution in [2.45, 2.75) is 51.4 Å². The molecule has 2 N–H and O–H groups in total. The maximum absolute atomic E-state index is 11.0. The zero-order valence-electron chi connectivity index (χ0n) is 16.8. The lowest BCUT2D eigenvalue weighted by Gasteiger charge is -2.42. The van der Waals surface area contributed by atoms with Crippen molar-refractivity contribution in [1.82, 2.24) is 9.97 Å². The summed E-state index contributed by atoms with van der Waals surface area (Å²) in [5.41, 5.74) is 6.36. The van der Waals surface area contributed by atoms with Crippen LogP contribution in [0.3, 0.4) is 0 Å². The van der Waals surface area contributed by atoms with Crippen LogP contribution >= 0.6 is 0 Å². The molecule has 4 rings (SSSR count). The highest BCUT2D eigenvalue weighted by Gasteiger charge is 2.37. The summed E-state index contributed by atoms with van der Waals surface area (Å²) in [6.07, 6.45) is 4.18. The van der Waals surface area contributed by atoms with Crippen LogP contribution in [0.1, 0.15) is 62.0 Å². The maximum atomic E-state index is 11.0. The predicted octanol–water partition coefficient (Wildman–Crippen LogP) is 5.79. The number of nitrogens with zero attached hydrogens (tertiary/aromatic N) is 1. The zero-order chi connectivity index (χ0) is 20.1. The van der Waals surface area contributed by atoms with Crippen LogP contribution in [0.4, 0.5) is 0 Å². The van der Waals surface area contributed by atoms with Crippen LogP contribution in [0.15, 0.2) is 48.7 Å². The summed E-state index contributed by atoms with van der Waals surface area (Å²) in [6, 6.07) is 13.5. The Bertz CT molecular complexity index is 1040. The van der Waals surface area contributed by atoms with Crippen molar-refractivity contribution in [3.8, 4) is 22.6 Å². The van der Waals surface area contributed by atoms with E-state index in [-0.39, 0.29) is 16.4 Å². The number of hydrogen-bond donors (Lipinski definition) is 2. The Balaban J connectivity index is 1.71. The third-order valence-corrected chi connectivity index (χ3v) is 6.14. The molecule has 1 heterocycles. The summed E-state index contributed by atoms with van der Waals surface area (Å²) >= 11 is 0. The van der Waals surface area contributed by atoms with Crippen molar-refractivity contribution >= 4 is 5.97 Å². The molecule has 0 spiro atoms. The van der Waals surface area contributed by atoms with Crippen molar-refractivity contribution < 1.29 is 9.90 Å². The van der Waals surface area contributed by atoms with Crippen LogP contribution in [-0.4, -0.2) is 21.0 Å². The molecule has 0 aliphatic heterocycles. The van der Waals surface area contributed by atoms with E-state index in [4.69, 9.17) is 5.11 Å². The SMILES string of the molecule is CC1(C)CCC(C)(C)c2cc(-c3ncc(-c4ccc(C(=O)O)cc4)[nH]3)ccc21. The number of imidazole rings is 1. The highest BCUT2D eigenvalue weighted by atomic mass is 16.4. The number of fused-ring (bicyclic) bond motifs is 1. The number of nitrogens with one attached hydrogen (secondary N) is 1. The van der Waals surface area contributed by atoms with Gasteiger partial charge in [0.05, 0.1) is 17.5 Å². The van der Waals surface area contributed by atoms with Gasteiger partial charge in [0.1, 0.15) is 5.82 Å². The third kappa shape index (κ3) is 3.13. The molecular formula is C24H26N2O2. The monoisotopic (exact) mass is 374 g/mol. The Morgan fingerprint density at radius 3 is 2.18 bits per heavy atom. The number of rotatable bonds is 3.